The van der Waals surface area contributed by atoms with Crippen molar-refractivity contribution in [3.8, 4) is 0 Å². The van der Waals surface area contributed by atoms with Gasteiger partial charge in [-0.1, -0.05) is 0 Å². The third-order valence-corrected chi connectivity index (χ3v) is 0.729. The molecular formula is C6H14N2O2. The summed E-state index contributed by atoms with van der Waals surface area (Å²) in [6, 6.07) is -0.155. The lowest BCUT2D eigenvalue weighted by atomic mass is 10.4. The molecule has 4 heteroatoms. The zero-order valence-electron chi connectivity index (χ0n) is 6.60. The van der Waals surface area contributed by atoms with Crippen molar-refractivity contribution >= 4 is 6.03 Å². The predicted octanol–water partition coefficient (Wildman–Crippen LogP) is 0.645. The largest absolute Gasteiger partial charge is 0.338 e. The fraction of sp³-hybridized carbons (Fsp3) is 0.833. The Labute approximate surface area is 60.9 Å². The lowest BCUT2D eigenvalue weighted by Gasteiger charge is -2.08. The second-order valence-corrected chi connectivity index (χ2v) is 2.16. The van der Waals surface area contributed by atoms with Crippen LogP contribution in [0.25, 0.3) is 0 Å². The fourth-order valence-corrected chi connectivity index (χ4v) is 0.429. The fourth-order valence-electron chi connectivity index (χ4n) is 0.429. The SMILES string of the molecule is CCONC(=O)NC(C)C. The van der Waals surface area contributed by atoms with Crippen molar-refractivity contribution in [1.82, 2.24) is 10.8 Å². The van der Waals surface area contributed by atoms with Gasteiger partial charge in [0, 0.05) is 6.04 Å². The van der Waals surface area contributed by atoms with Crippen LogP contribution in [-0.2, 0) is 4.84 Å². The molecular weight excluding hydrogens is 132 g/mol. The minimum Gasteiger partial charge on any atom is -0.334 e. The van der Waals surface area contributed by atoms with E-state index >= 15 is 0 Å². The minimum absolute atomic E-state index is 0.139. The van der Waals surface area contributed by atoms with Crippen LogP contribution < -0.4 is 10.8 Å². The topological polar surface area (TPSA) is 50.4 Å². The number of amides is 2. The quantitative estimate of drug-likeness (QED) is 0.574. The molecule has 10 heavy (non-hydrogen) atoms. The predicted molar refractivity (Wildman–Crippen MR) is 38.4 cm³/mol. The van der Waals surface area contributed by atoms with Crippen molar-refractivity contribution in [3.63, 3.8) is 0 Å². The Hall–Kier alpha value is -0.770. The van der Waals surface area contributed by atoms with E-state index in [0.29, 0.717) is 6.61 Å². The third kappa shape index (κ3) is 5.37. The lowest BCUT2D eigenvalue weighted by molar-refractivity contribution is 0.0699. The molecule has 0 radical (unpaired) electrons. The molecule has 60 valence electrons. The van der Waals surface area contributed by atoms with E-state index in [1.807, 2.05) is 13.8 Å². The van der Waals surface area contributed by atoms with E-state index in [1.54, 1.807) is 6.92 Å². The lowest BCUT2D eigenvalue weighted by Crippen LogP contribution is -2.39. The summed E-state index contributed by atoms with van der Waals surface area (Å²) in [7, 11) is 0. The Kier molecular flexibility index (Phi) is 4.66. The van der Waals surface area contributed by atoms with Gasteiger partial charge in [0.1, 0.15) is 0 Å². The van der Waals surface area contributed by atoms with Crippen LogP contribution in [0.4, 0.5) is 4.79 Å². The number of urea groups is 1. The number of hydroxylamine groups is 1. The standard InChI is InChI=1S/C6H14N2O2/c1-4-10-8-6(9)7-5(2)3/h5H,4H2,1-3H3,(H2,7,8,9). The highest BCUT2D eigenvalue weighted by Crippen LogP contribution is 1.75. The van der Waals surface area contributed by atoms with Gasteiger partial charge in [-0.25, -0.2) is 10.3 Å². The van der Waals surface area contributed by atoms with Crippen molar-refractivity contribution < 1.29 is 9.63 Å². The van der Waals surface area contributed by atoms with Crippen molar-refractivity contribution in [2.24, 2.45) is 0 Å². The Morgan fingerprint density at radius 1 is 1.60 bits per heavy atom. The van der Waals surface area contributed by atoms with Crippen LogP contribution in [0.1, 0.15) is 20.8 Å². The maximum atomic E-state index is 10.7. The number of hydrogen-bond donors (Lipinski definition) is 2. The zero-order chi connectivity index (χ0) is 7.98. The van der Waals surface area contributed by atoms with Gasteiger partial charge < -0.3 is 5.32 Å². The van der Waals surface area contributed by atoms with Gasteiger partial charge in [0.2, 0.25) is 0 Å². The van der Waals surface area contributed by atoms with E-state index in [1.165, 1.54) is 0 Å². The van der Waals surface area contributed by atoms with Crippen LogP contribution in [0.3, 0.4) is 0 Å². The van der Waals surface area contributed by atoms with E-state index in [-0.39, 0.29) is 12.1 Å². The molecule has 0 atom stereocenters. The van der Waals surface area contributed by atoms with Gasteiger partial charge in [0.05, 0.1) is 6.61 Å². The average molecular weight is 146 g/mol. The van der Waals surface area contributed by atoms with Gasteiger partial charge in [-0.3, -0.25) is 4.84 Å². The van der Waals surface area contributed by atoms with Crippen molar-refractivity contribution in [2.45, 2.75) is 26.8 Å². The normalized spacial score (nSPS) is 9.60. The molecule has 0 unspecified atom stereocenters. The third-order valence-electron chi connectivity index (χ3n) is 0.729. The van der Waals surface area contributed by atoms with E-state index in [2.05, 4.69) is 15.6 Å². The molecule has 0 heterocycles. The number of carbonyl (C=O) groups is 1. The van der Waals surface area contributed by atoms with Crippen LogP contribution in [0.15, 0.2) is 0 Å². The monoisotopic (exact) mass is 146 g/mol. The molecule has 0 saturated carbocycles. The van der Waals surface area contributed by atoms with E-state index in [4.69, 9.17) is 0 Å². The molecule has 2 N–H and O–H groups in total. The maximum Gasteiger partial charge on any atom is 0.338 e. The first-order valence-corrected chi connectivity index (χ1v) is 3.35. The molecule has 0 aromatic heterocycles. The highest BCUT2D eigenvalue weighted by molar-refractivity contribution is 5.72. The first-order valence-electron chi connectivity index (χ1n) is 3.35. The van der Waals surface area contributed by atoms with Crippen molar-refractivity contribution in [1.29, 1.82) is 0 Å². The molecule has 0 spiro atoms. The molecule has 0 saturated heterocycles. The first kappa shape index (κ1) is 9.23. The number of hydrogen-bond acceptors (Lipinski definition) is 2. The van der Waals surface area contributed by atoms with Gasteiger partial charge >= 0.3 is 6.03 Å². The summed E-state index contributed by atoms with van der Waals surface area (Å²) < 4.78 is 0. The van der Waals surface area contributed by atoms with Gasteiger partial charge in [-0.15, -0.1) is 0 Å². The Balaban J connectivity index is 3.26. The molecule has 2 amide bonds. The molecule has 0 aromatic rings. The maximum absolute atomic E-state index is 10.7. The van der Waals surface area contributed by atoms with E-state index in [9.17, 15) is 4.79 Å². The van der Waals surface area contributed by atoms with Gasteiger partial charge in [0.15, 0.2) is 0 Å². The molecule has 0 aliphatic carbocycles. The van der Waals surface area contributed by atoms with E-state index in [0.717, 1.165) is 0 Å². The summed E-state index contributed by atoms with van der Waals surface area (Å²) in [5.41, 5.74) is 2.21. The van der Waals surface area contributed by atoms with Crippen molar-refractivity contribution in [2.75, 3.05) is 6.61 Å². The second kappa shape index (κ2) is 5.05. The number of rotatable bonds is 3. The van der Waals surface area contributed by atoms with Crippen LogP contribution >= 0.6 is 0 Å². The smallest absolute Gasteiger partial charge is 0.334 e. The second-order valence-electron chi connectivity index (χ2n) is 2.16. The number of nitrogens with one attached hydrogen (secondary N) is 2. The Morgan fingerprint density at radius 2 is 2.20 bits per heavy atom. The summed E-state index contributed by atoms with van der Waals surface area (Å²) in [6.07, 6.45) is 0. The van der Waals surface area contributed by atoms with Gasteiger partial charge in [-0.05, 0) is 20.8 Å². The minimum atomic E-state index is -0.295. The molecule has 0 aliphatic heterocycles. The van der Waals surface area contributed by atoms with Crippen LogP contribution in [0.5, 0.6) is 0 Å². The van der Waals surface area contributed by atoms with Crippen LogP contribution in [-0.4, -0.2) is 18.7 Å². The Bertz CT molecular complexity index is 104. The summed E-state index contributed by atoms with van der Waals surface area (Å²) >= 11 is 0. The van der Waals surface area contributed by atoms with Crippen molar-refractivity contribution in [3.05, 3.63) is 0 Å². The summed E-state index contributed by atoms with van der Waals surface area (Å²) in [5.74, 6) is 0. The zero-order valence-corrected chi connectivity index (χ0v) is 6.60. The highest BCUT2D eigenvalue weighted by atomic mass is 16.7. The molecule has 0 aromatic carbocycles. The summed E-state index contributed by atoms with van der Waals surface area (Å²) in [6.45, 7) is 6.04. The molecule has 0 aliphatic rings. The molecule has 4 nitrogen and oxygen atoms in total. The molecule has 0 bridgehead atoms. The summed E-state index contributed by atoms with van der Waals surface area (Å²) in [4.78, 5) is 15.3. The average Bonchev–Trinajstić information content (AvgIpc) is 1.82. The van der Waals surface area contributed by atoms with Gasteiger partial charge in [-0.2, -0.15) is 0 Å². The molecule has 0 fully saturated rings. The Morgan fingerprint density at radius 3 is 2.60 bits per heavy atom. The van der Waals surface area contributed by atoms with E-state index < -0.39 is 0 Å². The highest BCUT2D eigenvalue weighted by Gasteiger charge is 1.99. The van der Waals surface area contributed by atoms with Crippen LogP contribution in [0.2, 0.25) is 0 Å². The van der Waals surface area contributed by atoms with Crippen LogP contribution in [0, 0.1) is 0 Å². The van der Waals surface area contributed by atoms with Gasteiger partial charge in [0.25, 0.3) is 0 Å². The first-order chi connectivity index (χ1) is 4.66. The number of carbonyl (C=O) groups excluding carboxylic acids is 1. The molecule has 0 rings (SSSR count). The summed E-state index contributed by atoms with van der Waals surface area (Å²) in [5, 5.41) is 2.60.